The Balaban J connectivity index is 1.29. The Labute approximate surface area is 254 Å². The number of para-hydroxylation sites is 2. The van der Waals surface area contributed by atoms with Gasteiger partial charge < -0.3 is 13.7 Å². The molecule has 6 heteroatoms. The summed E-state index contributed by atoms with van der Waals surface area (Å²) in [4.78, 5) is 11.9. The molecule has 0 N–H and O–H groups in total. The molecule has 1 aliphatic rings. The molecule has 44 heavy (non-hydrogen) atoms. The van der Waals surface area contributed by atoms with Gasteiger partial charge in [0.1, 0.15) is 22.5 Å². The van der Waals surface area contributed by atoms with Crippen molar-refractivity contribution in [2.75, 3.05) is 4.90 Å². The van der Waals surface area contributed by atoms with Crippen LogP contribution in [0.4, 0.5) is 17.1 Å². The van der Waals surface area contributed by atoms with Gasteiger partial charge in [0.05, 0.1) is 35.2 Å². The Morgan fingerprint density at radius 3 is 1.73 bits per heavy atom. The lowest BCUT2D eigenvalue weighted by atomic mass is 9.39. The molecule has 5 aromatic carbocycles. The van der Waals surface area contributed by atoms with Crippen molar-refractivity contribution >= 4 is 62.5 Å². The van der Waals surface area contributed by atoms with E-state index in [9.17, 15) is 0 Å². The third-order valence-electron chi connectivity index (χ3n) is 8.40. The lowest BCUT2D eigenvalue weighted by Gasteiger charge is -2.31. The van der Waals surface area contributed by atoms with Crippen LogP contribution in [0, 0.1) is 0 Å². The molecule has 0 aliphatic carbocycles. The maximum absolute atomic E-state index is 6.72. The third kappa shape index (κ3) is 3.81. The van der Waals surface area contributed by atoms with E-state index in [2.05, 4.69) is 94.8 Å². The first-order valence-corrected chi connectivity index (χ1v) is 14.7. The van der Waals surface area contributed by atoms with E-state index < -0.39 is 0 Å². The van der Waals surface area contributed by atoms with Crippen LogP contribution in [0.5, 0.6) is 0 Å². The minimum Gasteiger partial charge on any atom is -0.468 e. The van der Waals surface area contributed by atoms with Crippen LogP contribution in [0.15, 0.2) is 155 Å². The standard InChI is InChI=1S/C38H24BN3O2/c1-3-12-25(13-4-1)31-23-40-24-32(41-31)26-14-11-17-28(22-26)42-35-29-18-7-9-20-33(29)43-37(35)39(27-15-5-2-6-16-27)38-36(42)30-19-8-10-21-34(30)44-38/h1-24H. The molecule has 0 amide bonds. The van der Waals surface area contributed by atoms with Gasteiger partial charge in [-0.2, -0.15) is 0 Å². The summed E-state index contributed by atoms with van der Waals surface area (Å²) in [6.45, 7) is -0.200. The molecule has 0 spiro atoms. The Morgan fingerprint density at radius 2 is 1.07 bits per heavy atom. The van der Waals surface area contributed by atoms with Crippen LogP contribution < -0.4 is 21.7 Å². The molecule has 0 saturated carbocycles. The Morgan fingerprint density at radius 1 is 0.523 bits per heavy atom. The van der Waals surface area contributed by atoms with Gasteiger partial charge in [-0.1, -0.05) is 103 Å². The van der Waals surface area contributed by atoms with Gasteiger partial charge in [0.2, 0.25) is 0 Å². The van der Waals surface area contributed by atoms with Gasteiger partial charge in [0.15, 0.2) is 0 Å². The summed E-state index contributed by atoms with van der Waals surface area (Å²) in [5.41, 5.74) is 11.2. The average Bonchev–Trinajstić information content (AvgIpc) is 3.67. The number of aromatic nitrogens is 2. The second-order valence-corrected chi connectivity index (χ2v) is 11.0. The highest BCUT2D eigenvalue weighted by Gasteiger charge is 2.44. The van der Waals surface area contributed by atoms with Crippen molar-refractivity contribution < 1.29 is 8.83 Å². The van der Waals surface area contributed by atoms with Crippen molar-refractivity contribution in [1.82, 2.24) is 9.97 Å². The number of fused-ring (bicyclic) bond motifs is 6. The summed E-state index contributed by atoms with van der Waals surface area (Å²) >= 11 is 0. The minimum atomic E-state index is -0.200. The van der Waals surface area contributed by atoms with Crippen LogP contribution in [0.3, 0.4) is 0 Å². The summed E-state index contributed by atoms with van der Waals surface area (Å²) in [7, 11) is 0. The van der Waals surface area contributed by atoms with Crippen LogP contribution >= 0.6 is 0 Å². The predicted octanol–water partition coefficient (Wildman–Crippen LogP) is 7.60. The van der Waals surface area contributed by atoms with Crippen molar-refractivity contribution in [2.45, 2.75) is 0 Å². The predicted molar refractivity (Wildman–Crippen MR) is 178 cm³/mol. The monoisotopic (exact) mass is 565 g/mol. The van der Waals surface area contributed by atoms with Crippen molar-refractivity contribution in [3.8, 4) is 22.5 Å². The topological polar surface area (TPSA) is 55.3 Å². The van der Waals surface area contributed by atoms with Crippen LogP contribution in [0.2, 0.25) is 0 Å². The van der Waals surface area contributed by atoms with Crippen molar-refractivity contribution in [2.24, 2.45) is 0 Å². The molecule has 0 saturated heterocycles. The highest BCUT2D eigenvalue weighted by atomic mass is 16.4. The van der Waals surface area contributed by atoms with E-state index in [0.29, 0.717) is 0 Å². The summed E-state index contributed by atoms with van der Waals surface area (Å²) in [6, 6.07) is 45.6. The minimum absolute atomic E-state index is 0.200. The zero-order valence-corrected chi connectivity index (χ0v) is 23.6. The maximum Gasteiger partial charge on any atom is 0.338 e. The van der Waals surface area contributed by atoms with Crippen LogP contribution in [0.1, 0.15) is 0 Å². The Hall–Kier alpha value is -5.88. The smallest absolute Gasteiger partial charge is 0.338 e. The van der Waals surface area contributed by atoms with E-state index in [1.54, 1.807) is 0 Å². The number of hydrogen-bond acceptors (Lipinski definition) is 5. The number of rotatable bonds is 4. The molecule has 0 unspecified atom stereocenters. The molecule has 0 fully saturated rings. The number of anilines is 3. The second kappa shape index (κ2) is 9.85. The molecule has 9 rings (SSSR count). The van der Waals surface area contributed by atoms with Gasteiger partial charge in [-0.05, 0) is 36.4 Å². The quantitative estimate of drug-likeness (QED) is 0.206. The lowest BCUT2D eigenvalue weighted by Crippen LogP contribution is -2.56. The third-order valence-corrected chi connectivity index (χ3v) is 8.40. The molecule has 1 aliphatic heterocycles. The van der Waals surface area contributed by atoms with E-state index in [0.717, 1.165) is 78.3 Å². The van der Waals surface area contributed by atoms with Crippen LogP contribution in [0.25, 0.3) is 44.5 Å². The van der Waals surface area contributed by atoms with Crippen LogP contribution in [-0.2, 0) is 0 Å². The molecule has 0 bridgehead atoms. The average molecular weight is 565 g/mol. The van der Waals surface area contributed by atoms with Gasteiger partial charge in [-0.3, -0.25) is 4.98 Å². The number of benzene rings is 5. The molecular formula is C38H24BN3O2. The molecule has 4 heterocycles. The van der Waals surface area contributed by atoms with Crippen molar-refractivity contribution in [1.29, 1.82) is 0 Å². The van der Waals surface area contributed by atoms with Gasteiger partial charge in [-0.15, -0.1) is 0 Å². The zero-order valence-electron chi connectivity index (χ0n) is 23.6. The zero-order chi connectivity index (χ0) is 29.0. The lowest BCUT2D eigenvalue weighted by molar-refractivity contribution is 0.636. The summed E-state index contributed by atoms with van der Waals surface area (Å²) < 4.78 is 13.4. The molecule has 3 aromatic heterocycles. The first-order valence-electron chi connectivity index (χ1n) is 14.7. The SMILES string of the molecule is c1ccc(B2c3oc4ccccc4c3N(c3cccc(-c4cncc(-c5ccccc5)n4)c3)c3c2oc2ccccc32)cc1. The van der Waals surface area contributed by atoms with Gasteiger partial charge in [0.25, 0.3) is 0 Å². The van der Waals surface area contributed by atoms with E-state index in [4.69, 9.17) is 13.8 Å². The fraction of sp³-hybridized carbons (Fsp3) is 0. The van der Waals surface area contributed by atoms with E-state index in [1.807, 2.05) is 60.9 Å². The molecular weight excluding hydrogens is 541 g/mol. The van der Waals surface area contributed by atoms with E-state index >= 15 is 0 Å². The fourth-order valence-electron chi connectivity index (χ4n) is 6.45. The highest BCUT2D eigenvalue weighted by Crippen LogP contribution is 2.45. The molecule has 206 valence electrons. The number of hydrogen-bond donors (Lipinski definition) is 0. The molecule has 5 nitrogen and oxygen atoms in total. The van der Waals surface area contributed by atoms with Crippen LogP contribution in [-0.4, -0.2) is 16.7 Å². The fourth-order valence-corrected chi connectivity index (χ4v) is 6.45. The van der Waals surface area contributed by atoms with Gasteiger partial charge in [-0.25, -0.2) is 4.98 Å². The first-order chi connectivity index (χ1) is 21.8. The Bertz CT molecular complexity index is 2230. The second-order valence-electron chi connectivity index (χ2n) is 11.0. The van der Waals surface area contributed by atoms with E-state index in [-0.39, 0.29) is 6.71 Å². The normalized spacial score (nSPS) is 12.5. The summed E-state index contributed by atoms with van der Waals surface area (Å²) in [5, 5.41) is 2.10. The summed E-state index contributed by atoms with van der Waals surface area (Å²) in [6.07, 6.45) is 3.63. The maximum atomic E-state index is 6.72. The van der Waals surface area contributed by atoms with Crippen molar-refractivity contribution in [3.05, 3.63) is 146 Å². The molecule has 0 radical (unpaired) electrons. The van der Waals surface area contributed by atoms with E-state index in [1.165, 1.54) is 0 Å². The number of furan rings is 2. The highest BCUT2D eigenvalue weighted by molar-refractivity contribution is 6.97. The molecule has 8 aromatic rings. The number of nitrogens with zero attached hydrogens (tertiary/aromatic N) is 3. The van der Waals surface area contributed by atoms with Crippen molar-refractivity contribution in [3.63, 3.8) is 0 Å². The Kier molecular flexibility index (Phi) is 5.53. The summed E-state index contributed by atoms with van der Waals surface area (Å²) in [5.74, 6) is 0. The largest absolute Gasteiger partial charge is 0.468 e. The van der Waals surface area contributed by atoms with Gasteiger partial charge in [0, 0.05) is 27.6 Å². The van der Waals surface area contributed by atoms with Gasteiger partial charge >= 0.3 is 6.71 Å². The molecule has 0 atom stereocenters. The first kappa shape index (κ1) is 24.7.